The number of hydrogen-bond acceptors (Lipinski definition) is 5. The molecule has 0 aliphatic carbocycles. The van der Waals surface area contributed by atoms with Crippen molar-refractivity contribution in [2.75, 3.05) is 13.1 Å². The van der Waals surface area contributed by atoms with E-state index >= 15 is 0 Å². The fourth-order valence-corrected chi connectivity index (χ4v) is 4.53. The average molecular weight is 447 g/mol. The Labute approximate surface area is 190 Å². The third kappa shape index (κ3) is 4.04. The zero-order valence-corrected chi connectivity index (χ0v) is 18.7. The van der Waals surface area contributed by atoms with Gasteiger partial charge in [-0.2, -0.15) is 0 Å². The number of H-pyrrole nitrogens is 1. The molecule has 0 unspecified atom stereocenters. The van der Waals surface area contributed by atoms with Crippen molar-refractivity contribution in [1.29, 1.82) is 0 Å². The highest BCUT2D eigenvalue weighted by Crippen LogP contribution is 2.26. The standard InChI is InChI=1S/C25H26N4O4/c1-16-21(17(2)33-27-16)15-32-20-7-5-6-18(14-20)24(30)28-12-10-19(11-13-28)29-23-9-4-3-8-22(23)26-25(29)31/h3-9,14,19H,10-13,15H2,1-2H3,(H,26,31). The van der Waals surface area contributed by atoms with E-state index in [2.05, 4.69) is 10.1 Å². The third-order valence-corrected chi connectivity index (χ3v) is 6.39. The van der Waals surface area contributed by atoms with Gasteiger partial charge in [0.2, 0.25) is 0 Å². The van der Waals surface area contributed by atoms with Crippen LogP contribution in [0.3, 0.4) is 0 Å². The average Bonchev–Trinajstić information content (AvgIpc) is 3.34. The van der Waals surface area contributed by atoms with Crippen molar-refractivity contribution < 1.29 is 14.1 Å². The molecule has 0 bridgehead atoms. The molecule has 0 radical (unpaired) electrons. The molecule has 1 aliphatic rings. The first-order valence-corrected chi connectivity index (χ1v) is 11.1. The Hall–Kier alpha value is -3.81. The molecule has 170 valence electrons. The minimum Gasteiger partial charge on any atom is -0.489 e. The lowest BCUT2D eigenvalue weighted by Gasteiger charge is -2.32. The van der Waals surface area contributed by atoms with Crippen molar-refractivity contribution >= 4 is 16.9 Å². The second-order valence-corrected chi connectivity index (χ2v) is 8.46. The SMILES string of the molecule is Cc1noc(C)c1COc1cccc(C(=O)N2CCC(n3c(=O)[nH]c4ccccc43)CC2)c1. The van der Waals surface area contributed by atoms with Crippen LogP contribution in [0.25, 0.3) is 11.0 Å². The second kappa shape index (κ2) is 8.61. The van der Waals surface area contributed by atoms with Gasteiger partial charge in [0, 0.05) is 24.7 Å². The summed E-state index contributed by atoms with van der Waals surface area (Å²) in [6.45, 7) is 5.26. The number of imidazole rings is 1. The molecule has 4 aromatic rings. The van der Waals surface area contributed by atoms with Crippen molar-refractivity contribution in [3.8, 4) is 5.75 Å². The van der Waals surface area contributed by atoms with Crippen molar-refractivity contribution in [3.63, 3.8) is 0 Å². The van der Waals surface area contributed by atoms with E-state index in [4.69, 9.17) is 9.26 Å². The molecule has 2 aromatic heterocycles. The normalized spacial score (nSPS) is 14.7. The number of aryl methyl sites for hydroxylation is 2. The summed E-state index contributed by atoms with van der Waals surface area (Å²) in [5.74, 6) is 1.33. The molecule has 8 nitrogen and oxygen atoms in total. The molecular weight excluding hydrogens is 420 g/mol. The molecule has 0 spiro atoms. The van der Waals surface area contributed by atoms with Gasteiger partial charge in [-0.1, -0.05) is 23.4 Å². The number of amides is 1. The lowest BCUT2D eigenvalue weighted by molar-refractivity contribution is 0.0694. The van der Waals surface area contributed by atoms with Crippen LogP contribution in [0, 0.1) is 13.8 Å². The van der Waals surface area contributed by atoms with Crippen LogP contribution in [-0.4, -0.2) is 38.6 Å². The van der Waals surface area contributed by atoms with Crippen LogP contribution in [0.4, 0.5) is 0 Å². The zero-order chi connectivity index (χ0) is 22.9. The topological polar surface area (TPSA) is 93.4 Å². The summed E-state index contributed by atoms with van der Waals surface area (Å²) in [6.07, 6.45) is 1.46. The summed E-state index contributed by atoms with van der Waals surface area (Å²) in [7, 11) is 0. The molecule has 0 atom stereocenters. The predicted molar refractivity (Wildman–Crippen MR) is 123 cm³/mol. The van der Waals surface area contributed by atoms with Crippen molar-refractivity contribution in [2.24, 2.45) is 0 Å². The van der Waals surface area contributed by atoms with Gasteiger partial charge in [-0.05, 0) is 57.0 Å². The number of ether oxygens (including phenoxy) is 1. The molecule has 1 fully saturated rings. The van der Waals surface area contributed by atoms with Crippen LogP contribution < -0.4 is 10.4 Å². The number of rotatable bonds is 5. The van der Waals surface area contributed by atoms with Gasteiger partial charge in [-0.25, -0.2) is 4.79 Å². The Kier molecular flexibility index (Phi) is 5.50. The number of carbonyl (C=O) groups excluding carboxylic acids is 1. The highest BCUT2D eigenvalue weighted by Gasteiger charge is 2.26. The Morgan fingerprint density at radius 1 is 1.15 bits per heavy atom. The lowest BCUT2D eigenvalue weighted by Crippen LogP contribution is -2.40. The maximum atomic E-state index is 13.1. The number of benzene rings is 2. The van der Waals surface area contributed by atoms with Crippen LogP contribution >= 0.6 is 0 Å². The van der Waals surface area contributed by atoms with Crippen molar-refractivity contribution in [3.05, 3.63) is 81.6 Å². The lowest BCUT2D eigenvalue weighted by atomic mass is 10.0. The Bertz CT molecular complexity index is 1340. The van der Waals surface area contributed by atoms with Gasteiger partial charge in [-0.3, -0.25) is 9.36 Å². The molecule has 0 saturated carbocycles. The van der Waals surface area contributed by atoms with Crippen LogP contribution in [0.5, 0.6) is 5.75 Å². The van der Waals surface area contributed by atoms with Gasteiger partial charge in [-0.15, -0.1) is 0 Å². The Morgan fingerprint density at radius 3 is 2.70 bits per heavy atom. The molecule has 8 heteroatoms. The number of piperidine rings is 1. The number of nitrogens with zero attached hydrogens (tertiary/aromatic N) is 3. The molecule has 3 heterocycles. The van der Waals surface area contributed by atoms with Gasteiger partial charge in [0.25, 0.3) is 5.91 Å². The van der Waals surface area contributed by atoms with Gasteiger partial charge in [0.15, 0.2) is 0 Å². The summed E-state index contributed by atoms with van der Waals surface area (Å²) >= 11 is 0. The molecule has 1 aliphatic heterocycles. The summed E-state index contributed by atoms with van der Waals surface area (Å²) in [5.41, 5.74) is 3.97. The number of likely N-dealkylation sites (tertiary alicyclic amines) is 1. The summed E-state index contributed by atoms with van der Waals surface area (Å²) in [5, 5.41) is 3.94. The van der Waals surface area contributed by atoms with Crippen LogP contribution in [0.2, 0.25) is 0 Å². The van der Waals surface area contributed by atoms with E-state index in [1.54, 1.807) is 12.1 Å². The molecule has 1 saturated heterocycles. The molecule has 1 N–H and O–H groups in total. The molecular formula is C25H26N4O4. The van der Waals surface area contributed by atoms with Gasteiger partial charge in [0.1, 0.15) is 18.1 Å². The first-order valence-electron chi connectivity index (χ1n) is 11.1. The van der Waals surface area contributed by atoms with E-state index in [0.717, 1.165) is 40.9 Å². The van der Waals surface area contributed by atoms with E-state index in [0.29, 0.717) is 31.0 Å². The fourth-order valence-electron chi connectivity index (χ4n) is 4.53. The minimum absolute atomic E-state index is 0.0255. The Morgan fingerprint density at radius 2 is 1.94 bits per heavy atom. The molecule has 2 aromatic carbocycles. The van der Waals surface area contributed by atoms with Crippen LogP contribution in [-0.2, 0) is 6.61 Å². The van der Waals surface area contributed by atoms with Crippen LogP contribution in [0.1, 0.15) is 46.3 Å². The second-order valence-electron chi connectivity index (χ2n) is 8.46. The molecule has 1 amide bonds. The first kappa shape index (κ1) is 21.1. The van der Waals surface area contributed by atoms with E-state index < -0.39 is 0 Å². The quantitative estimate of drug-likeness (QED) is 0.500. The molecule has 33 heavy (non-hydrogen) atoms. The number of aromatic amines is 1. The number of para-hydroxylation sites is 2. The predicted octanol–water partition coefficient (Wildman–Crippen LogP) is 3.99. The third-order valence-electron chi connectivity index (χ3n) is 6.39. The van der Waals surface area contributed by atoms with Gasteiger partial charge < -0.3 is 19.1 Å². The monoisotopic (exact) mass is 446 g/mol. The summed E-state index contributed by atoms with van der Waals surface area (Å²) in [4.78, 5) is 30.4. The number of carbonyl (C=O) groups is 1. The van der Waals surface area contributed by atoms with Crippen molar-refractivity contribution in [1.82, 2.24) is 19.6 Å². The number of aromatic nitrogens is 3. The summed E-state index contributed by atoms with van der Waals surface area (Å²) in [6, 6.07) is 15.0. The zero-order valence-electron chi connectivity index (χ0n) is 18.7. The van der Waals surface area contributed by atoms with Crippen LogP contribution in [0.15, 0.2) is 57.8 Å². The Balaban J connectivity index is 1.25. The maximum Gasteiger partial charge on any atom is 0.326 e. The van der Waals surface area contributed by atoms with E-state index in [9.17, 15) is 9.59 Å². The van der Waals surface area contributed by atoms with Gasteiger partial charge in [0.05, 0.1) is 22.3 Å². The minimum atomic E-state index is -0.0934. The highest BCUT2D eigenvalue weighted by molar-refractivity contribution is 5.94. The number of fused-ring (bicyclic) bond motifs is 1. The van der Waals surface area contributed by atoms with E-state index in [1.807, 2.05) is 59.7 Å². The largest absolute Gasteiger partial charge is 0.489 e. The fraction of sp³-hybridized carbons (Fsp3) is 0.320. The summed E-state index contributed by atoms with van der Waals surface area (Å²) < 4.78 is 12.9. The molecule has 5 rings (SSSR count). The highest BCUT2D eigenvalue weighted by atomic mass is 16.5. The van der Waals surface area contributed by atoms with Crippen molar-refractivity contribution in [2.45, 2.75) is 39.3 Å². The van der Waals surface area contributed by atoms with E-state index in [-0.39, 0.29) is 17.6 Å². The van der Waals surface area contributed by atoms with E-state index in [1.165, 1.54) is 0 Å². The smallest absolute Gasteiger partial charge is 0.326 e. The first-order chi connectivity index (χ1) is 16.0. The van der Waals surface area contributed by atoms with Gasteiger partial charge >= 0.3 is 5.69 Å². The maximum absolute atomic E-state index is 13.1. The number of nitrogens with one attached hydrogen (secondary N) is 1. The number of hydrogen-bond donors (Lipinski definition) is 1.